The molecule has 0 spiro atoms. The first-order valence-corrected chi connectivity index (χ1v) is 16.7. The summed E-state index contributed by atoms with van der Waals surface area (Å²) in [5.41, 5.74) is -0.190. The third-order valence-corrected chi connectivity index (χ3v) is 9.43. The van der Waals surface area contributed by atoms with Crippen LogP contribution in [0.2, 0.25) is 0 Å². The standard InChI is InChI=1S/C37H48N2O8/c1-24-13-12-16-27-21-28(40)22-30(34(27)43)38-32(41)23-29(46-3)17-10-5-4-6-11-18-31(25(2)33(24)42)47-36(45)37(19-20-37)39-35(44)26-14-8-7-9-15-26/h4-6,10-11,13,17,21-22,25-26,29,31,33,42H,7-9,12,14-16,18-20,23H2,1-3H3,(H,38,41)(H,39,44)/b5-4-,11-6-,17-10?,24-13-/t25-,29-,31-,33-/m0/s1. The van der Waals surface area contributed by atoms with Crippen LogP contribution in [0.5, 0.6) is 0 Å². The summed E-state index contributed by atoms with van der Waals surface area (Å²) in [5.74, 6) is -2.41. The number of nitrogens with one attached hydrogen (secondary N) is 2. The summed E-state index contributed by atoms with van der Waals surface area (Å²) in [7, 11) is 1.47. The van der Waals surface area contributed by atoms with Gasteiger partial charge in [-0.25, -0.2) is 4.79 Å². The molecule has 2 bridgehead atoms. The van der Waals surface area contributed by atoms with E-state index < -0.39 is 53.2 Å². The highest BCUT2D eigenvalue weighted by molar-refractivity contribution is 6.21. The quantitative estimate of drug-likeness (QED) is 0.226. The number of rotatable bonds is 5. The van der Waals surface area contributed by atoms with E-state index in [9.17, 15) is 29.1 Å². The van der Waals surface area contributed by atoms with E-state index >= 15 is 0 Å². The summed E-state index contributed by atoms with van der Waals surface area (Å²) >= 11 is 0. The summed E-state index contributed by atoms with van der Waals surface area (Å²) in [6.07, 6.45) is 19.4. The molecule has 2 fully saturated rings. The first-order valence-electron chi connectivity index (χ1n) is 16.7. The fourth-order valence-corrected chi connectivity index (χ4v) is 6.18. The number of aliphatic hydroxyl groups is 1. The smallest absolute Gasteiger partial charge is 0.332 e. The van der Waals surface area contributed by atoms with Crippen molar-refractivity contribution in [2.75, 3.05) is 7.11 Å². The number of hydrogen-bond acceptors (Lipinski definition) is 8. The molecule has 1 heterocycles. The number of ether oxygens (including phenoxy) is 2. The van der Waals surface area contributed by atoms with E-state index in [-0.39, 0.29) is 35.9 Å². The number of hydrogen-bond donors (Lipinski definition) is 3. The van der Waals surface area contributed by atoms with Gasteiger partial charge >= 0.3 is 5.97 Å². The fraction of sp³-hybridized carbons (Fsp3) is 0.541. The molecule has 2 saturated carbocycles. The van der Waals surface area contributed by atoms with Gasteiger partial charge in [0.2, 0.25) is 17.6 Å². The highest BCUT2D eigenvalue weighted by atomic mass is 16.5. The van der Waals surface area contributed by atoms with Gasteiger partial charge in [-0.2, -0.15) is 0 Å². The Hall–Kier alpha value is -3.89. The van der Waals surface area contributed by atoms with Gasteiger partial charge in [0.15, 0.2) is 5.78 Å². The number of ketones is 2. The predicted octanol–water partition coefficient (Wildman–Crippen LogP) is 4.41. The Balaban J connectivity index is 1.52. The van der Waals surface area contributed by atoms with Gasteiger partial charge in [0, 0.05) is 37.0 Å². The van der Waals surface area contributed by atoms with Crippen molar-refractivity contribution in [2.45, 2.75) is 108 Å². The van der Waals surface area contributed by atoms with Crippen molar-refractivity contribution < 1.29 is 38.6 Å². The van der Waals surface area contributed by atoms with E-state index in [1.165, 1.54) is 13.2 Å². The maximum absolute atomic E-state index is 13.5. The third-order valence-electron chi connectivity index (χ3n) is 9.43. The zero-order valence-electron chi connectivity index (χ0n) is 27.7. The molecular weight excluding hydrogens is 600 g/mol. The Kier molecular flexibility index (Phi) is 12.8. The second-order valence-electron chi connectivity index (χ2n) is 13.1. The number of Topliss-reactive ketones (excluding diaryl/α,β-unsaturated/α-hetero) is 1. The van der Waals surface area contributed by atoms with Gasteiger partial charge in [-0.15, -0.1) is 0 Å². The number of fused-ring (bicyclic) bond motifs is 2. The van der Waals surface area contributed by atoms with Crippen LogP contribution >= 0.6 is 0 Å². The van der Waals surface area contributed by atoms with Crippen LogP contribution in [0.15, 0.2) is 71.5 Å². The van der Waals surface area contributed by atoms with E-state index in [0.717, 1.165) is 38.2 Å². The number of carbonyl (C=O) groups is 5. The largest absolute Gasteiger partial charge is 0.460 e. The van der Waals surface area contributed by atoms with Gasteiger partial charge in [0.25, 0.3) is 0 Å². The Morgan fingerprint density at radius 2 is 1.74 bits per heavy atom. The topological polar surface area (TPSA) is 148 Å². The molecule has 0 aromatic heterocycles. The molecule has 47 heavy (non-hydrogen) atoms. The molecule has 0 radical (unpaired) electrons. The summed E-state index contributed by atoms with van der Waals surface area (Å²) in [4.78, 5) is 64.6. The van der Waals surface area contributed by atoms with Crippen molar-refractivity contribution in [2.24, 2.45) is 11.8 Å². The molecular formula is C37H48N2O8. The molecule has 3 aliphatic carbocycles. The minimum Gasteiger partial charge on any atom is -0.460 e. The number of esters is 1. The normalized spacial score (nSPS) is 30.3. The first-order chi connectivity index (χ1) is 22.5. The molecule has 4 rings (SSSR count). The van der Waals surface area contributed by atoms with Gasteiger partial charge in [0.1, 0.15) is 11.6 Å². The Morgan fingerprint density at radius 1 is 1.02 bits per heavy atom. The minimum atomic E-state index is -1.01. The zero-order valence-corrected chi connectivity index (χ0v) is 27.7. The minimum absolute atomic E-state index is 0.0537. The Bertz CT molecular complexity index is 1390. The van der Waals surface area contributed by atoms with E-state index in [1.807, 2.05) is 19.1 Å². The maximum Gasteiger partial charge on any atom is 0.332 e. The molecule has 1 aliphatic heterocycles. The summed E-state index contributed by atoms with van der Waals surface area (Å²) in [5, 5.41) is 16.9. The van der Waals surface area contributed by atoms with Gasteiger partial charge in [0.05, 0.1) is 24.3 Å². The van der Waals surface area contributed by atoms with Crippen LogP contribution < -0.4 is 10.6 Å². The molecule has 0 aromatic carbocycles. The SMILES string of the molecule is CO[C@H]1C=C/C=C\C=C/C[C@H](OC(=O)C2(NC(=O)C3CCCCC3)CC2)[C@H](C)[C@@H](O)/C(C)=C\CCC2=CC(=O)C=C(NC(=O)C1)C2=O. The lowest BCUT2D eigenvalue weighted by atomic mass is 9.88. The molecule has 2 amide bonds. The number of carbonyl (C=O) groups excluding carboxylic acids is 5. The summed E-state index contributed by atoms with van der Waals surface area (Å²) < 4.78 is 11.4. The monoisotopic (exact) mass is 648 g/mol. The van der Waals surface area contributed by atoms with Crippen LogP contribution in [0.3, 0.4) is 0 Å². The molecule has 0 unspecified atom stereocenters. The summed E-state index contributed by atoms with van der Waals surface area (Å²) in [6, 6.07) is 0. The van der Waals surface area contributed by atoms with Crippen LogP contribution in [-0.2, 0) is 33.4 Å². The van der Waals surface area contributed by atoms with E-state index in [0.29, 0.717) is 31.3 Å². The average molecular weight is 649 g/mol. The molecule has 0 aromatic rings. The molecule has 4 aliphatic rings. The Morgan fingerprint density at radius 3 is 2.45 bits per heavy atom. The van der Waals surface area contributed by atoms with Crippen molar-refractivity contribution in [3.63, 3.8) is 0 Å². The van der Waals surface area contributed by atoms with E-state index in [4.69, 9.17) is 9.47 Å². The van der Waals surface area contributed by atoms with Gasteiger partial charge < -0.3 is 25.2 Å². The van der Waals surface area contributed by atoms with Gasteiger partial charge in [-0.05, 0) is 57.1 Å². The van der Waals surface area contributed by atoms with E-state index in [2.05, 4.69) is 10.6 Å². The summed E-state index contributed by atoms with van der Waals surface area (Å²) in [6.45, 7) is 3.59. The lowest BCUT2D eigenvalue weighted by Gasteiger charge is -2.30. The lowest BCUT2D eigenvalue weighted by molar-refractivity contribution is -0.158. The number of amides is 2. The lowest BCUT2D eigenvalue weighted by Crippen LogP contribution is -2.48. The van der Waals surface area contributed by atoms with Crippen molar-refractivity contribution in [3.8, 4) is 0 Å². The average Bonchev–Trinajstić information content (AvgIpc) is 3.84. The van der Waals surface area contributed by atoms with Crippen LogP contribution in [0.4, 0.5) is 0 Å². The number of allylic oxidation sites excluding steroid dienone is 8. The predicted molar refractivity (Wildman–Crippen MR) is 176 cm³/mol. The van der Waals surface area contributed by atoms with Gasteiger partial charge in [-0.1, -0.05) is 68.7 Å². The van der Waals surface area contributed by atoms with Crippen LogP contribution in [0.25, 0.3) is 0 Å². The highest BCUT2D eigenvalue weighted by Crippen LogP contribution is 2.39. The Labute approximate surface area is 277 Å². The molecule has 10 nitrogen and oxygen atoms in total. The molecule has 0 saturated heterocycles. The number of methoxy groups -OCH3 is 1. The maximum atomic E-state index is 13.5. The molecule has 10 heteroatoms. The second-order valence-corrected chi connectivity index (χ2v) is 13.1. The zero-order chi connectivity index (χ0) is 34.0. The molecule has 4 atom stereocenters. The van der Waals surface area contributed by atoms with Crippen molar-refractivity contribution in [3.05, 3.63) is 71.5 Å². The third kappa shape index (κ3) is 10.0. The fourth-order valence-electron chi connectivity index (χ4n) is 6.18. The van der Waals surface area contributed by atoms with E-state index in [1.54, 1.807) is 37.3 Å². The van der Waals surface area contributed by atoms with Crippen LogP contribution in [0, 0.1) is 11.8 Å². The van der Waals surface area contributed by atoms with Gasteiger partial charge in [-0.3, -0.25) is 19.2 Å². The van der Waals surface area contributed by atoms with Crippen LogP contribution in [0.1, 0.15) is 84.5 Å². The first kappa shape index (κ1) is 36.0. The molecule has 254 valence electrons. The van der Waals surface area contributed by atoms with Crippen LogP contribution in [-0.4, -0.2) is 65.4 Å². The van der Waals surface area contributed by atoms with Crippen molar-refractivity contribution >= 4 is 29.4 Å². The second kappa shape index (κ2) is 16.8. The van der Waals surface area contributed by atoms with Crippen molar-refractivity contribution in [1.29, 1.82) is 0 Å². The van der Waals surface area contributed by atoms with Crippen molar-refractivity contribution in [1.82, 2.24) is 10.6 Å². The number of aliphatic hydroxyl groups excluding tert-OH is 1. The molecule has 3 N–H and O–H groups in total. The highest BCUT2D eigenvalue weighted by Gasteiger charge is 2.54.